The minimum Gasteiger partial charge on any atom is -0.494 e. The van der Waals surface area contributed by atoms with Crippen LogP contribution in [0.15, 0.2) is 30.3 Å². The van der Waals surface area contributed by atoms with Crippen LogP contribution in [-0.2, 0) is 14.3 Å². The summed E-state index contributed by atoms with van der Waals surface area (Å²) in [7, 11) is 0. The van der Waals surface area contributed by atoms with Gasteiger partial charge in [-0.05, 0) is 19.1 Å². The van der Waals surface area contributed by atoms with Crippen LogP contribution in [0, 0.1) is 5.41 Å². The van der Waals surface area contributed by atoms with Gasteiger partial charge >= 0.3 is 6.03 Å². The van der Waals surface area contributed by atoms with E-state index in [1.165, 1.54) is 0 Å². The Bertz CT molecular complexity index is 538. The molecule has 0 spiro atoms. The van der Waals surface area contributed by atoms with Gasteiger partial charge in [-0.15, -0.1) is 0 Å². The number of benzene rings is 1. The molecule has 1 saturated heterocycles. The molecule has 1 aliphatic rings. The van der Waals surface area contributed by atoms with E-state index in [9.17, 15) is 14.4 Å². The highest BCUT2D eigenvalue weighted by Gasteiger charge is 2.50. The SMILES string of the molecule is CCOCC1(CCOc2ccccc2)C(=O)NC(=O)NC1=O. The van der Waals surface area contributed by atoms with Gasteiger partial charge in [-0.2, -0.15) is 0 Å². The Morgan fingerprint density at radius 1 is 1.05 bits per heavy atom. The molecule has 4 amide bonds. The van der Waals surface area contributed by atoms with Gasteiger partial charge in [-0.25, -0.2) is 4.79 Å². The van der Waals surface area contributed by atoms with E-state index in [1.807, 2.05) is 18.2 Å². The highest BCUT2D eigenvalue weighted by Crippen LogP contribution is 2.26. The fraction of sp³-hybridized carbons (Fsp3) is 0.400. The molecule has 22 heavy (non-hydrogen) atoms. The first-order valence-corrected chi connectivity index (χ1v) is 7.01. The summed E-state index contributed by atoms with van der Waals surface area (Å²) in [5, 5.41) is 4.23. The maximum atomic E-state index is 12.2. The normalized spacial score (nSPS) is 16.9. The summed E-state index contributed by atoms with van der Waals surface area (Å²) >= 11 is 0. The van der Waals surface area contributed by atoms with Crippen molar-refractivity contribution in [3.8, 4) is 5.75 Å². The van der Waals surface area contributed by atoms with Crippen molar-refractivity contribution in [3.63, 3.8) is 0 Å². The van der Waals surface area contributed by atoms with Gasteiger partial charge < -0.3 is 9.47 Å². The van der Waals surface area contributed by atoms with Crippen LogP contribution in [-0.4, -0.2) is 37.7 Å². The van der Waals surface area contributed by atoms with Gasteiger partial charge in [0.15, 0.2) is 5.41 Å². The summed E-state index contributed by atoms with van der Waals surface area (Å²) in [4.78, 5) is 35.5. The van der Waals surface area contributed by atoms with Crippen LogP contribution < -0.4 is 15.4 Å². The van der Waals surface area contributed by atoms with E-state index >= 15 is 0 Å². The second-order valence-electron chi connectivity index (χ2n) is 4.87. The third-order valence-corrected chi connectivity index (χ3v) is 3.42. The first-order valence-electron chi connectivity index (χ1n) is 7.01. The monoisotopic (exact) mass is 306 g/mol. The number of ether oxygens (including phenoxy) is 2. The number of carbonyl (C=O) groups excluding carboxylic acids is 3. The lowest BCUT2D eigenvalue weighted by molar-refractivity contribution is -0.150. The molecule has 0 saturated carbocycles. The number of urea groups is 1. The van der Waals surface area contributed by atoms with Crippen LogP contribution in [0.5, 0.6) is 5.75 Å². The van der Waals surface area contributed by atoms with E-state index in [2.05, 4.69) is 10.6 Å². The zero-order valence-corrected chi connectivity index (χ0v) is 12.3. The molecule has 1 aliphatic heterocycles. The Kier molecular flexibility index (Phi) is 5.11. The molecule has 0 radical (unpaired) electrons. The van der Waals surface area contributed by atoms with Gasteiger partial charge in [0.25, 0.3) is 0 Å². The molecule has 2 rings (SSSR count). The lowest BCUT2D eigenvalue weighted by atomic mass is 9.82. The Morgan fingerprint density at radius 3 is 2.27 bits per heavy atom. The van der Waals surface area contributed by atoms with Crippen LogP contribution in [0.1, 0.15) is 13.3 Å². The standard InChI is InChI=1S/C15H18N2O5/c1-2-21-10-15(12(18)16-14(20)17-13(15)19)8-9-22-11-6-4-3-5-7-11/h3-7H,2,8-10H2,1H3,(H2,16,17,18,19,20). The largest absolute Gasteiger partial charge is 0.494 e. The van der Waals surface area contributed by atoms with E-state index in [1.54, 1.807) is 19.1 Å². The number of hydrogen-bond donors (Lipinski definition) is 2. The minimum atomic E-state index is -1.46. The molecule has 1 heterocycles. The van der Waals surface area contributed by atoms with E-state index in [0.29, 0.717) is 12.4 Å². The van der Waals surface area contributed by atoms with Gasteiger partial charge in [-0.1, -0.05) is 18.2 Å². The molecule has 1 fully saturated rings. The third kappa shape index (κ3) is 3.43. The van der Waals surface area contributed by atoms with Gasteiger partial charge in [0.1, 0.15) is 5.75 Å². The van der Waals surface area contributed by atoms with Crippen molar-refractivity contribution in [2.24, 2.45) is 5.41 Å². The number of amides is 4. The summed E-state index contributed by atoms with van der Waals surface area (Å²) in [6, 6.07) is 8.25. The van der Waals surface area contributed by atoms with Gasteiger partial charge in [0, 0.05) is 13.0 Å². The van der Waals surface area contributed by atoms with Crippen molar-refractivity contribution in [1.82, 2.24) is 10.6 Å². The van der Waals surface area contributed by atoms with E-state index in [4.69, 9.17) is 9.47 Å². The molecule has 0 aromatic heterocycles. The summed E-state index contributed by atoms with van der Waals surface area (Å²) in [6.07, 6.45) is 0.104. The number of nitrogens with one attached hydrogen (secondary N) is 2. The maximum absolute atomic E-state index is 12.2. The quantitative estimate of drug-likeness (QED) is 0.728. The molecule has 118 valence electrons. The molecule has 0 aliphatic carbocycles. The minimum absolute atomic E-state index is 0.104. The predicted octanol–water partition coefficient (Wildman–Crippen LogP) is 0.844. The molecular weight excluding hydrogens is 288 g/mol. The number of rotatable bonds is 7. The van der Waals surface area contributed by atoms with Crippen molar-refractivity contribution >= 4 is 17.8 Å². The fourth-order valence-electron chi connectivity index (χ4n) is 2.15. The highest BCUT2D eigenvalue weighted by molar-refractivity contribution is 6.19. The molecule has 1 aromatic carbocycles. The highest BCUT2D eigenvalue weighted by atomic mass is 16.5. The number of barbiturate groups is 1. The molecular formula is C15H18N2O5. The second-order valence-corrected chi connectivity index (χ2v) is 4.87. The molecule has 7 nitrogen and oxygen atoms in total. The summed E-state index contributed by atoms with van der Waals surface area (Å²) in [6.45, 7) is 2.16. The Balaban J connectivity index is 2.06. The molecule has 0 unspecified atom stereocenters. The third-order valence-electron chi connectivity index (χ3n) is 3.42. The number of hydrogen-bond acceptors (Lipinski definition) is 5. The topological polar surface area (TPSA) is 93.7 Å². The first-order chi connectivity index (χ1) is 10.6. The smallest absolute Gasteiger partial charge is 0.328 e. The van der Waals surface area contributed by atoms with Crippen LogP contribution in [0.3, 0.4) is 0 Å². The van der Waals surface area contributed by atoms with Gasteiger partial charge in [0.2, 0.25) is 11.8 Å². The maximum Gasteiger partial charge on any atom is 0.328 e. The molecule has 2 N–H and O–H groups in total. The summed E-state index contributed by atoms with van der Waals surface area (Å²) in [5.74, 6) is -0.681. The molecule has 7 heteroatoms. The fourth-order valence-corrected chi connectivity index (χ4v) is 2.15. The zero-order chi connectivity index (χ0) is 16.0. The molecule has 1 aromatic rings. The molecule has 0 atom stereocenters. The average molecular weight is 306 g/mol. The Labute approximate surface area is 128 Å². The summed E-state index contributed by atoms with van der Waals surface area (Å²) in [5.41, 5.74) is -1.46. The van der Waals surface area contributed by atoms with E-state index in [-0.39, 0.29) is 19.6 Å². The lowest BCUT2D eigenvalue weighted by Gasteiger charge is -2.33. The van der Waals surface area contributed by atoms with Crippen molar-refractivity contribution in [2.45, 2.75) is 13.3 Å². The van der Waals surface area contributed by atoms with Crippen molar-refractivity contribution in [3.05, 3.63) is 30.3 Å². The van der Waals surface area contributed by atoms with Crippen LogP contribution in [0.25, 0.3) is 0 Å². The average Bonchev–Trinajstić information content (AvgIpc) is 2.50. The van der Waals surface area contributed by atoms with Crippen LogP contribution in [0.2, 0.25) is 0 Å². The summed E-state index contributed by atoms with van der Waals surface area (Å²) < 4.78 is 10.8. The van der Waals surface area contributed by atoms with Crippen LogP contribution in [0.4, 0.5) is 4.79 Å². The molecule has 0 bridgehead atoms. The van der Waals surface area contributed by atoms with Crippen molar-refractivity contribution in [2.75, 3.05) is 19.8 Å². The van der Waals surface area contributed by atoms with Crippen LogP contribution >= 0.6 is 0 Å². The van der Waals surface area contributed by atoms with Gasteiger partial charge in [0.05, 0.1) is 13.2 Å². The van der Waals surface area contributed by atoms with Crippen molar-refractivity contribution in [1.29, 1.82) is 0 Å². The Morgan fingerprint density at radius 2 is 1.68 bits per heavy atom. The van der Waals surface area contributed by atoms with Gasteiger partial charge in [-0.3, -0.25) is 20.2 Å². The number of carbonyl (C=O) groups is 3. The lowest BCUT2D eigenvalue weighted by Crippen LogP contribution is -2.64. The first kappa shape index (κ1) is 16.0. The second kappa shape index (κ2) is 7.04. The number of para-hydroxylation sites is 1. The zero-order valence-electron chi connectivity index (χ0n) is 12.3. The number of imide groups is 2. The Hall–Kier alpha value is -2.41. The van der Waals surface area contributed by atoms with Crippen molar-refractivity contribution < 1.29 is 23.9 Å². The van der Waals surface area contributed by atoms with E-state index in [0.717, 1.165) is 0 Å². The predicted molar refractivity (Wildman–Crippen MR) is 77.2 cm³/mol. The van der Waals surface area contributed by atoms with E-state index < -0.39 is 23.3 Å².